The maximum absolute atomic E-state index is 12.3. The smallest absolute Gasteiger partial charge is 0.251 e. The Hall–Kier alpha value is -2.96. The summed E-state index contributed by atoms with van der Waals surface area (Å²) in [4.78, 5) is 29.8. The molecule has 0 saturated heterocycles. The molecule has 0 radical (unpaired) electrons. The Morgan fingerprint density at radius 2 is 1.96 bits per heavy atom. The van der Waals surface area contributed by atoms with Crippen LogP contribution in [0.3, 0.4) is 0 Å². The number of likely N-dealkylation sites (N-methyl/N-ethyl adjacent to an activating group) is 1. The van der Waals surface area contributed by atoms with Crippen LogP contribution in [0.5, 0.6) is 0 Å². The predicted molar refractivity (Wildman–Crippen MR) is 101 cm³/mol. The lowest BCUT2D eigenvalue weighted by Gasteiger charge is -2.15. The Balaban J connectivity index is 1.92. The first-order chi connectivity index (χ1) is 12.3. The first kappa shape index (κ1) is 19.4. The van der Waals surface area contributed by atoms with Crippen LogP contribution < -0.4 is 10.2 Å². The van der Waals surface area contributed by atoms with E-state index in [1.54, 1.807) is 36.0 Å². The van der Waals surface area contributed by atoms with Gasteiger partial charge >= 0.3 is 0 Å². The van der Waals surface area contributed by atoms with Crippen molar-refractivity contribution < 1.29 is 9.59 Å². The molecule has 0 aliphatic carbocycles. The molecule has 0 bridgehead atoms. The van der Waals surface area contributed by atoms with Crippen molar-refractivity contribution in [3.63, 3.8) is 0 Å². The Bertz CT molecular complexity index is 793. The second-order valence-electron chi connectivity index (χ2n) is 6.32. The fourth-order valence-electron chi connectivity index (χ4n) is 2.39. The molecule has 2 aromatic rings. The highest BCUT2D eigenvalue weighted by molar-refractivity contribution is 6.01. The van der Waals surface area contributed by atoms with E-state index in [1.165, 1.54) is 11.0 Å². The van der Waals surface area contributed by atoms with Gasteiger partial charge in [-0.3, -0.25) is 14.3 Å². The largest absolute Gasteiger partial charge is 0.352 e. The normalized spacial score (nSPS) is 10.7. The highest BCUT2D eigenvalue weighted by Gasteiger charge is 2.12. The summed E-state index contributed by atoms with van der Waals surface area (Å²) in [5.74, 6) is 1.55. The topological polar surface area (TPSA) is 80.1 Å². The monoisotopic (exact) mass is 355 g/mol. The number of nitrogens with zero attached hydrogens (tertiary/aromatic N) is 4. The highest BCUT2D eigenvalue weighted by atomic mass is 16.2. The molecule has 0 spiro atoms. The Labute approximate surface area is 153 Å². The highest BCUT2D eigenvalue weighted by Crippen LogP contribution is 2.14. The molecular weight excluding hydrogens is 330 g/mol. The van der Waals surface area contributed by atoms with Crippen molar-refractivity contribution in [3.8, 4) is 0 Å². The average Bonchev–Trinajstić information content (AvgIpc) is 3.01. The van der Waals surface area contributed by atoms with Gasteiger partial charge in [-0.2, -0.15) is 5.10 Å². The summed E-state index contributed by atoms with van der Waals surface area (Å²) in [6.45, 7) is 8.03. The van der Waals surface area contributed by atoms with E-state index >= 15 is 0 Å². The molecule has 1 aromatic heterocycles. The number of aromatic nitrogens is 3. The van der Waals surface area contributed by atoms with E-state index in [-0.39, 0.29) is 17.7 Å². The van der Waals surface area contributed by atoms with Gasteiger partial charge in [-0.05, 0) is 30.3 Å². The summed E-state index contributed by atoms with van der Waals surface area (Å²) in [6, 6.07) is 6.84. The number of benzene rings is 1. The summed E-state index contributed by atoms with van der Waals surface area (Å²) in [7, 11) is 3.52. The van der Waals surface area contributed by atoms with E-state index in [1.807, 2.05) is 20.9 Å². The van der Waals surface area contributed by atoms with Gasteiger partial charge < -0.3 is 10.2 Å². The van der Waals surface area contributed by atoms with Gasteiger partial charge in [0.1, 0.15) is 5.82 Å². The molecule has 7 nitrogen and oxygen atoms in total. The van der Waals surface area contributed by atoms with E-state index in [4.69, 9.17) is 0 Å². The summed E-state index contributed by atoms with van der Waals surface area (Å²) in [6.07, 6.45) is 1.86. The lowest BCUT2D eigenvalue weighted by molar-refractivity contribution is -0.113. The second kappa shape index (κ2) is 8.42. The van der Waals surface area contributed by atoms with Crippen molar-refractivity contribution in [2.75, 3.05) is 18.5 Å². The summed E-state index contributed by atoms with van der Waals surface area (Å²) in [5.41, 5.74) is 1.24. The van der Waals surface area contributed by atoms with Crippen LogP contribution in [0, 0.1) is 0 Å². The molecule has 2 rings (SSSR count). The van der Waals surface area contributed by atoms with Crippen LogP contribution in [0.4, 0.5) is 5.69 Å². The van der Waals surface area contributed by atoms with Gasteiger partial charge in [0, 0.05) is 44.2 Å². The number of anilines is 1. The van der Waals surface area contributed by atoms with Crippen LogP contribution in [-0.2, 0) is 18.3 Å². The standard InChI is InChI=1S/C19H25N5O2/c1-6-17(25)23(4)15-9-7-14(8-10-15)19(26)20-12-11-16-21-18(13(2)3)22-24(16)5/h6-10,13H,1,11-12H2,2-5H3,(H,20,26). The van der Waals surface area contributed by atoms with Crippen LogP contribution in [0.2, 0.25) is 0 Å². The fourth-order valence-corrected chi connectivity index (χ4v) is 2.39. The molecule has 138 valence electrons. The van der Waals surface area contributed by atoms with Gasteiger partial charge in [0.05, 0.1) is 0 Å². The maximum atomic E-state index is 12.3. The lowest BCUT2D eigenvalue weighted by Crippen LogP contribution is -2.27. The third-order valence-electron chi connectivity index (χ3n) is 4.04. The van der Waals surface area contributed by atoms with Crippen molar-refractivity contribution >= 4 is 17.5 Å². The van der Waals surface area contributed by atoms with Crippen LogP contribution in [0.25, 0.3) is 0 Å². The quantitative estimate of drug-likeness (QED) is 0.771. The number of rotatable bonds is 7. The van der Waals surface area contributed by atoms with Crippen molar-refractivity contribution in [3.05, 3.63) is 54.1 Å². The molecule has 0 aliphatic heterocycles. The summed E-state index contributed by atoms with van der Waals surface area (Å²) >= 11 is 0. The van der Waals surface area contributed by atoms with Gasteiger partial charge in [0.2, 0.25) is 5.91 Å². The molecule has 7 heteroatoms. The molecular formula is C19H25N5O2. The number of carbonyl (C=O) groups excluding carboxylic acids is 2. The van der Waals surface area contributed by atoms with Gasteiger partial charge in [-0.15, -0.1) is 0 Å². The molecule has 0 unspecified atom stereocenters. The molecule has 0 fully saturated rings. The second-order valence-corrected chi connectivity index (χ2v) is 6.32. The first-order valence-corrected chi connectivity index (χ1v) is 8.51. The van der Waals surface area contributed by atoms with Gasteiger partial charge in [0.25, 0.3) is 5.91 Å². The van der Waals surface area contributed by atoms with E-state index in [0.717, 1.165) is 11.6 Å². The minimum Gasteiger partial charge on any atom is -0.352 e. The Kier molecular flexibility index (Phi) is 6.27. The fraction of sp³-hybridized carbons (Fsp3) is 0.368. The molecule has 26 heavy (non-hydrogen) atoms. The van der Waals surface area contributed by atoms with Crippen molar-refractivity contribution in [2.45, 2.75) is 26.2 Å². The number of amides is 2. The average molecular weight is 355 g/mol. The van der Waals surface area contributed by atoms with Gasteiger partial charge in [-0.25, -0.2) is 4.98 Å². The minimum absolute atomic E-state index is 0.166. The molecule has 1 N–H and O–H groups in total. The number of aryl methyl sites for hydroxylation is 1. The third kappa shape index (κ3) is 4.56. The number of nitrogens with one attached hydrogen (secondary N) is 1. The van der Waals surface area contributed by atoms with Crippen molar-refractivity contribution in [2.24, 2.45) is 7.05 Å². The predicted octanol–water partition coefficient (Wildman–Crippen LogP) is 2.06. The SMILES string of the molecule is C=CC(=O)N(C)c1ccc(C(=O)NCCc2nc(C(C)C)nn2C)cc1. The van der Waals surface area contributed by atoms with E-state index in [9.17, 15) is 9.59 Å². The molecule has 1 heterocycles. The number of carbonyl (C=O) groups is 2. The molecule has 0 saturated carbocycles. The van der Waals surface area contributed by atoms with Crippen LogP contribution in [-0.4, -0.2) is 40.2 Å². The minimum atomic E-state index is -0.202. The zero-order valence-electron chi connectivity index (χ0n) is 15.7. The van der Waals surface area contributed by atoms with Crippen molar-refractivity contribution in [1.82, 2.24) is 20.1 Å². The van der Waals surface area contributed by atoms with E-state index in [0.29, 0.717) is 24.2 Å². The molecule has 0 aliphatic rings. The van der Waals surface area contributed by atoms with Crippen LogP contribution in [0.15, 0.2) is 36.9 Å². The maximum Gasteiger partial charge on any atom is 0.251 e. The summed E-state index contributed by atoms with van der Waals surface area (Å²) < 4.78 is 1.75. The van der Waals surface area contributed by atoms with E-state index < -0.39 is 0 Å². The zero-order valence-corrected chi connectivity index (χ0v) is 15.7. The molecule has 1 aromatic carbocycles. The Morgan fingerprint density at radius 1 is 1.31 bits per heavy atom. The van der Waals surface area contributed by atoms with Crippen LogP contribution >= 0.6 is 0 Å². The summed E-state index contributed by atoms with van der Waals surface area (Å²) in [5, 5.41) is 7.25. The lowest BCUT2D eigenvalue weighted by atomic mass is 10.2. The molecule has 2 amide bonds. The first-order valence-electron chi connectivity index (χ1n) is 8.51. The van der Waals surface area contributed by atoms with Crippen molar-refractivity contribution in [1.29, 1.82) is 0 Å². The van der Waals surface area contributed by atoms with E-state index in [2.05, 4.69) is 22.0 Å². The zero-order chi connectivity index (χ0) is 19.3. The number of hydrogen-bond acceptors (Lipinski definition) is 4. The van der Waals surface area contributed by atoms with Crippen LogP contribution in [0.1, 0.15) is 41.8 Å². The molecule has 0 atom stereocenters. The van der Waals surface area contributed by atoms with Gasteiger partial charge in [0.15, 0.2) is 5.82 Å². The third-order valence-corrected chi connectivity index (χ3v) is 4.04. The number of hydrogen-bond donors (Lipinski definition) is 1. The Morgan fingerprint density at radius 3 is 2.50 bits per heavy atom. The van der Waals surface area contributed by atoms with Gasteiger partial charge in [-0.1, -0.05) is 20.4 Å².